The van der Waals surface area contributed by atoms with Gasteiger partial charge in [0, 0.05) is 6.04 Å². The molecule has 2 aromatic carbocycles. The third kappa shape index (κ3) is 5.24. The number of hydrogen-bond acceptors (Lipinski definition) is 2. The van der Waals surface area contributed by atoms with Gasteiger partial charge in [0.2, 0.25) is 0 Å². The molecule has 2 nitrogen and oxygen atoms in total. The fourth-order valence-corrected chi connectivity index (χ4v) is 2.55. The van der Waals surface area contributed by atoms with Crippen LogP contribution in [-0.2, 0) is 12.8 Å². The first-order chi connectivity index (χ1) is 10.3. The van der Waals surface area contributed by atoms with Gasteiger partial charge in [0.05, 0.1) is 7.11 Å². The second-order valence-electron chi connectivity index (χ2n) is 5.40. The van der Waals surface area contributed by atoms with Gasteiger partial charge in [-0.3, -0.25) is 0 Å². The molecule has 112 valence electrons. The summed E-state index contributed by atoms with van der Waals surface area (Å²) in [6.45, 7) is 3.26. The summed E-state index contributed by atoms with van der Waals surface area (Å²) in [5.74, 6) is 0.932. The molecule has 0 saturated carbocycles. The first kappa shape index (κ1) is 15.6. The number of rotatable bonds is 8. The van der Waals surface area contributed by atoms with Crippen molar-refractivity contribution in [3.05, 3.63) is 65.7 Å². The molecule has 0 radical (unpaired) electrons. The molecule has 1 N–H and O–H groups in total. The summed E-state index contributed by atoms with van der Waals surface area (Å²) in [5, 5.41) is 3.66. The van der Waals surface area contributed by atoms with Gasteiger partial charge in [-0.1, -0.05) is 49.4 Å². The third-order valence-electron chi connectivity index (χ3n) is 3.62. The number of ether oxygens (including phenoxy) is 1. The van der Waals surface area contributed by atoms with E-state index in [2.05, 4.69) is 60.8 Å². The molecular formula is C19H25NO. The fourth-order valence-electron chi connectivity index (χ4n) is 2.55. The Balaban J connectivity index is 2.04. The van der Waals surface area contributed by atoms with Gasteiger partial charge >= 0.3 is 0 Å². The Kier molecular flexibility index (Phi) is 6.29. The van der Waals surface area contributed by atoms with E-state index >= 15 is 0 Å². The van der Waals surface area contributed by atoms with E-state index in [4.69, 9.17) is 4.74 Å². The fraction of sp³-hybridized carbons (Fsp3) is 0.368. The molecule has 0 amide bonds. The summed E-state index contributed by atoms with van der Waals surface area (Å²) in [5.41, 5.74) is 2.70. The largest absolute Gasteiger partial charge is 0.497 e. The van der Waals surface area contributed by atoms with Crippen LogP contribution in [0.1, 0.15) is 24.5 Å². The van der Waals surface area contributed by atoms with E-state index in [1.807, 2.05) is 6.07 Å². The molecule has 0 aliphatic heterocycles. The summed E-state index contributed by atoms with van der Waals surface area (Å²) in [4.78, 5) is 0. The predicted molar refractivity (Wildman–Crippen MR) is 88.9 cm³/mol. The van der Waals surface area contributed by atoms with Gasteiger partial charge in [-0.15, -0.1) is 0 Å². The molecule has 0 aliphatic carbocycles. The van der Waals surface area contributed by atoms with Crippen LogP contribution >= 0.6 is 0 Å². The van der Waals surface area contributed by atoms with Crippen molar-refractivity contribution in [2.24, 2.45) is 0 Å². The maximum absolute atomic E-state index is 5.32. The van der Waals surface area contributed by atoms with Crippen molar-refractivity contribution in [3.8, 4) is 5.75 Å². The summed E-state index contributed by atoms with van der Waals surface area (Å²) < 4.78 is 5.32. The topological polar surface area (TPSA) is 21.3 Å². The lowest BCUT2D eigenvalue weighted by atomic mass is 9.98. The van der Waals surface area contributed by atoms with Gasteiger partial charge in [0.1, 0.15) is 5.75 Å². The average Bonchev–Trinajstić information content (AvgIpc) is 2.54. The van der Waals surface area contributed by atoms with Gasteiger partial charge in [-0.2, -0.15) is 0 Å². The predicted octanol–water partition coefficient (Wildman–Crippen LogP) is 3.85. The van der Waals surface area contributed by atoms with E-state index < -0.39 is 0 Å². The van der Waals surface area contributed by atoms with Crippen LogP contribution in [0, 0.1) is 0 Å². The zero-order valence-electron chi connectivity index (χ0n) is 13.0. The molecule has 0 spiro atoms. The Hall–Kier alpha value is -1.80. The minimum absolute atomic E-state index is 0.458. The number of methoxy groups -OCH3 is 1. The van der Waals surface area contributed by atoms with Crippen LogP contribution in [0.5, 0.6) is 5.75 Å². The van der Waals surface area contributed by atoms with Crippen molar-refractivity contribution in [2.75, 3.05) is 13.7 Å². The van der Waals surface area contributed by atoms with Crippen LogP contribution in [0.3, 0.4) is 0 Å². The summed E-state index contributed by atoms with van der Waals surface area (Å²) in [6.07, 6.45) is 3.23. The summed E-state index contributed by atoms with van der Waals surface area (Å²) >= 11 is 0. The Labute approximate surface area is 128 Å². The average molecular weight is 283 g/mol. The first-order valence-corrected chi connectivity index (χ1v) is 7.72. The lowest BCUT2D eigenvalue weighted by Crippen LogP contribution is -2.33. The highest BCUT2D eigenvalue weighted by atomic mass is 16.5. The van der Waals surface area contributed by atoms with Gasteiger partial charge in [-0.05, 0) is 49.1 Å². The zero-order chi connectivity index (χ0) is 14.9. The Bertz CT molecular complexity index is 524. The van der Waals surface area contributed by atoms with Crippen LogP contribution in [0.2, 0.25) is 0 Å². The minimum Gasteiger partial charge on any atom is -0.497 e. The molecule has 2 rings (SSSR count). The molecule has 1 atom stereocenters. The second-order valence-corrected chi connectivity index (χ2v) is 5.40. The maximum Gasteiger partial charge on any atom is 0.119 e. The molecule has 2 aromatic rings. The highest BCUT2D eigenvalue weighted by molar-refractivity contribution is 5.29. The van der Waals surface area contributed by atoms with Crippen molar-refractivity contribution >= 4 is 0 Å². The molecule has 1 unspecified atom stereocenters. The van der Waals surface area contributed by atoms with Crippen molar-refractivity contribution in [2.45, 2.75) is 32.2 Å². The molecule has 2 heteroatoms. The monoisotopic (exact) mass is 283 g/mol. The Morgan fingerprint density at radius 3 is 2.38 bits per heavy atom. The van der Waals surface area contributed by atoms with E-state index in [9.17, 15) is 0 Å². The van der Waals surface area contributed by atoms with Crippen LogP contribution in [0.4, 0.5) is 0 Å². The van der Waals surface area contributed by atoms with Crippen molar-refractivity contribution in [3.63, 3.8) is 0 Å². The first-order valence-electron chi connectivity index (χ1n) is 7.72. The highest BCUT2D eigenvalue weighted by Gasteiger charge is 2.10. The molecule has 0 heterocycles. The quantitative estimate of drug-likeness (QED) is 0.794. The zero-order valence-corrected chi connectivity index (χ0v) is 13.0. The number of nitrogens with one attached hydrogen (secondary N) is 1. The van der Waals surface area contributed by atoms with Crippen LogP contribution in [0.25, 0.3) is 0 Å². The third-order valence-corrected chi connectivity index (χ3v) is 3.62. The van der Waals surface area contributed by atoms with E-state index in [0.717, 1.165) is 31.6 Å². The molecule has 0 bridgehead atoms. The van der Waals surface area contributed by atoms with Gasteiger partial charge < -0.3 is 10.1 Å². The number of hydrogen-bond donors (Lipinski definition) is 1. The van der Waals surface area contributed by atoms with Gasteiger partial charge in [0.25, 0.3) is 0 Å². The Morgan fingerprint density at radius 2 is 1.67 bits per heavy atom. The Morgan fingerprint density at radius 1 is 0.952 bits per heavy atom. The highest BCUT2D eigenvalue weighted by Crippen LogP contribution is 2.15. The summed E-state index contributed by atoms with van der Waals surface area (Å²) in [7, 11) is 1.72. The van der Waals surface area contributed by atoms with E-state index in [-0.39, 0.29) is 0 Å². The van der Waals surface area contributed by atoms with E-state index in [0.29, 0.717) is 6.04 Å². The standard InChI is InChI=1S/C19H25NO/c1-3-12-20-18(13-16-8-5-4-6-9-16)14-17-10-7-11-19(15-17)21-2/h4-11,15,18,20H,3,12-14H2,1-2H3. The lowest BCUT2D eigenvalue weighted by molar-refractivity contribution is 0.413. The van der Waals surface area contributed by atoms with E-state index in [1.54, 1.807) is 7.11 Å². The maximum atomic E-state index is 5.32. The van der Waals surface area contributed by atoms with E-state index in [1.165, 1.54) is 11.1 Å². The minimum atomic E-state index is 0.458. The van der Waals surface area contributed by atoms with Crippen LogP contribution < -0.4 is 10.1 Å². The molecule has 0 fully saturated rings. The van der Waals surface area contributed by atoms with Gasteiger partial charge in [0.15, 0.2) is 0 Å². The number of benzene rings is 2. The molecular weight excluding hydrogens is 258 g/mol. The smallest absolute Gasteiger partial charge is 0.119 e. The van der Waals surface area contributed by atoms with Crippen LogP contribution in [0.15, 0.2) is 54.6 Å². The molecule has 0 saturated heterocycles. The van der Waals surface area contributed by atoms with Crippen molar-refractivity contribution in [1.29, 1.82) is 0 Å². The molecule has 0 aromatic heterocycles. The van der Waals surface area contributed by atoms with Crippen LogP contribution in [-0.4, -0.2) is 19.7 Å². The normalized spacial score (nSPS) is 12.1. The molecule has 0 aliphatic rings. The van der Waals surface area contributed by atoms with Crippen molar-refractivity contribution < 1.29 is 4.74 Å². The van der Waals surface area contributed by atoms with Gasteiger partial charge in [-0.25, -0.2) is 0 Å². The van der Waals surface area contributed by atoms with Crippen molar-refractivity contribution in [1.82, 2.24) is 5.32 Å². The SMILES string of the molecule is CCCNC(Cc1ccccc1)Cc1cccc(OC)c1. The molecule has 21 heavy (non-hydrogen) atoms. The summed E-state index contributed by atoms with van der Waals surface area (Å²) in [6, 6.07) is 19.5. The second kappa shape index (κ2) is 8.48. The lowest BCUT2D eigenvalue weighted by Gasteiger charge is -2.19.